The third kappa shape index (κ3) is 10.7. The van der Waals surface area contributed by atoms with E-state index in [-0.39, 0.29) is 17.6 Å². The first kappa shape index (κ1) is 25.9. The molecule has 1 aromatic heterocycles. The Morgan fingerprint density at radius 1 is 0.909 bits per heavy atom. The molecule has 0 unspecified atom stereocenters. The van der Waals surface area contributed by atoms with Crippen LogP contribution < -0.4 is 16.2 Å². The number of aromatic nitrogens is 1. The van der Waals surface area contributed by atoms with Crippen molar-refractivity contribution in [1.29, 1.82) is 0 Å². The van der Waals surface area contributed by atoms with Crippen molar-refractivity contribution in [2.24, 2.45) is 0 Å². The van der Waals surface area contributed by atoms with Crippen LogP contribution in [0.25, 0.3) is 6.08 Å². The van der Waals surface area contributed by atoms with E-state index >= 15 is 0 Å². The van der Waals surface area contributed by atoms with Crippen molar-refractivity contribution in [3.63, 3.8) is 0 Å². The summed E-state index contributed by atoms with van der Waals surface area (Å²) in [6.45, 7) is 3.37. The lowest BCUT2D eigenvalue weighted by molar-refractivity contribution is -0.116. The van der Waals surface area contributed by atoms with Gasteiger partial charge in [-0.25, -0.2) is 5.43 Å². The van der Waals surface area contributed by atoms with Gasteiger partial charge in [0.15, 0.2) is 5.78 Å². The zero-order valence-electron chi connectivity index (χ0n) is 19.3. The molecule has 0 aliphatic heterocycles. The van der Waals surface area contributed by atoms with E-state index in [0.29, 0.717) is 30.6 Å². The van der Waals surface area contributed by atoms with E-state index in [1.54, 1.807) is 42.7 Å². The van der Waals surface area contributed by atoms with Gasteiger partial charge < -0.3 is 5.32 Å². The highest BCUT2D eigenvalue weighted by Gasteiger charge is 2.08. The van der Waals surface area contributed by atoms with Gasteiger partial charge in [0, 0.05) is 49.1 Å². The van der Waals surface area contributed by atoms with E-state index in [2.05, 4.69) is 21.2 Å². The number of hydrazine groups is 1. The molecule has 1 heterocycles. The van der Waals surface area contributed by atoms with Crippen LogP contribution in [0.3, 0.4) is 0 Å². The van der Waals surface area contributed by atoms with E-state index in [4.69, 9.17) is 0 Å². The molecule has 0 saturated heterocycles. The first-order valence-corrected chi connectivity index (χ1v) is 11.6. The Labute approximate surface area is 196 Å². The van der Waals surface area contributed by atoms with E-state index < -0.39 is 0 Å². The van der Waals surface area contributed by atoms with Gasteiger partial charge in [0.2, 0.25) is 5.91 Å². The maximum Gasteiger partial charge on any atom is 0.265 e. The van der Waals surface area contributed by atoms with Crippen LogP contribution in [0, 0.1) is 0 Å². The monoisotopic (exact) mass is 450 g/mol. The molecule has 176 valence electrons. The fourth-order valence-corrected chi connectivity index (χ4v) is 3.15. The summed E-state index contributed by atoms with van der Waals surface area (Å²) in [7, 11) is 0. The number of amides is 2. The SMILES string of the molecule is CCCNNC(=O)c1ccc(C(=O)CCCCCCCNC(=O)/C=C/c2cccnc2)cc1. The number of ketones is 1. The molecule has 33 heavy (non-hydrogen) atoms. The van der Waals surface area contributed by atoms with Crippen LogP contribution in [-0.4, -0.2) is 35.7 Å². The number of hydrogen-bond donors (Lipinski definition) is 3. The fraction of sp³-hybridized carbons (Fsp3) is 0.385. The second kappa shape index (κ2) is 15.5. The lowest BCUT2D eigenvalue weighted by atomic mass is 10.0. The van der Waals surface area contributed by atoms with Gasteiger partial charge in [0.05, 0.1) is 0 Å². The van der Waals surface area contributed by atoms with Crippen LogP contribution in [-0.2, 0) is 4.79 Å². The van der Waals surface area contributed by atoms with Crippen LogP contribution in [0.15, 0.2) is 54.9 Å². The average molecular weight is 451 g/mol. The number of carbonyl (C=O) groups excluding carboxylic acids is 3. The third-order valence-corrected chi connectivity index (χ3v) is 5.04. The second-order valence-electron chi connectivity index (χ2n) is 7.81. The molecule has 0 aliphatic carbocycles. The number of hydrogen-bond acceptors (Lipinski definition) is 5. The minimum atomic E-state index is -0.205. The molecule has 0 bridgehead atoms. The van der Waals surface area contributed by atoms with Crippen molar-refractivity contribution in [3.8, 4) is 0 Å². The molecule has 3 N–H and O–H groups in total. The summed E-state index contributed by atoms with van der Waals surface area (Å²) in [5, 5.41) is 2.88. The van der Waals surface area contributed by atoms with Gasteiger partial charge in [-0.2, -0.15) is 0 Å². The molecule has 2 aromatic rings. The molecule has 0 spiro atoms. The fourth-order valence-electron chi connectivity index (χ4n) is 3.15. The number of benzene rings is 1. The number of nitrogens with zero attached hydrogens (tertiary/aromatic N) is 1. The van der Waals surface area contributed by atoms with Crippen molar-refractivity contribution in [2.75, 3.05) is 13.1 Å². The Kier molecular flexibility index (Phi) is 12.2. The zero-order chi connectivity index (χ0) is 23.7. The van der Waals surface area contributed by atoms with Crippen LogP contribution in [0.5, 0.6) is 0 Å². The van der Waals surface area contributed by atoms with Gasteiger partial charge >= 0.3 is 0 Å². The van der Waals surface area contributed by atoms with Gasteiger partial charge in [-0.1, -0.05) is 44.4 Å². The van der Waals surface area contributed by atoms with Crippen molar-refractivity contribution in [1.82, 2.24) is 21.2 Å². The maximum atomic E-state index is 12.3. The minimum absolute atomic E-state index is 0.0960. The summed E-state index contributed by atoms with van der Waals surface area (Å²) in [5.74, 6) is -0.216. The lowest BCUT2D eigenvalue weighted by Gasteiger charge is -2.07. The molecule has 7 nitrogen and oxygen atoms in total. The van der Waals surface area contributed by atoms with Gasteiger partial charge in [-0.05, 0) is 49.1 Å². The van der Waals surface area contributed by atoms with Crippen LogP contribution >= 0.6 is 0 Å². The number of Topliss-reactive ketones (excluding diaryl/α,β-unsaturated/α-hetero) is 1. The predicted octanol–water partition coefficient (Wildman–Crippen LogP) is 4.08. The standard InChI is InChI=1S/C26H34N4O3/c1-2-17-29-30-26(33)23-14-12-22(13-15-23)24(31)10-6-4-3-5-7-19-28-25(32)16-11-21-9-8-18-27-20-21/h8-9,11-16,18,20,29H,2-7,10,17,19H2,1H3,(H,28,32)(H,30,33)/b16-11+. The predicted molar refractivity (Wildman–Crippen MR) is 131 cm³/mol. The van der Waals surface area contributed by atoms with Gasteiger partial charge in [0.25, 0.3) is 5.91 Å². The summed E-state index contributed by atoms with van der Waals surface area (Å²) in [6.07, 6.45) is 12.8. The largest absolute Gasteiger partial charge is 0.353 e. The summed E-state index contributed by atoms with van der Waals surface area (Å²) in [4.78, 5) is 40.1. The first-order chi connectivity index (χ1) is 16.1. The zero-order valence-corrected chi connectivity index (χ0v) is 19.3. The average Bonchev–Trinajstić information content (AvgIpc) is 2.85. The lowest BCUT2D eigenvalue weighted by Crippen LogP contribution is -2.37. The van der Waals surface area contributed by atoms with Crippen LogP contribution in [0.1, 0.15) is 78.1 Å². The number of rotatable bonds is 15. The van der Waals surface area contributed by atoms with E-state index in [1.165, 1.54) is 6.08 Å². The van der Waals surface area contributed by atoms with E-state index in [1.807, 2.05) is 19.1 Å². The summed E-state index contributed by atoms with van der Waals surface area (Å²) in [6, 6.07) is 10.5. The Balaban J connectivity index is 1.53. The molecule has 0 aliphatic rings. The molecular formula is C26H34N4O3. The molecule has 0 saturated carbocycles. The van der Waals surface area contributed by atoms with Gasteiger partial charge in [0.1, 0.15) is 0 Å². The van der Waals surface area contributed by atoms with Crippen molar-refractivity contribution < 1.29 is 14.4 Å². The number of unbranched alkanes of at least 4 members (excludes halogenated alkanes) is 4. The van der Waals surface area contributed by atoms with Crippen LogP contribution in [0.4, 0.5) is 0 Å². The van der Waals surface area contributed by atoms with E-state index in [9.17, 15) is 14.4 Å². The van der Waals surface area contributed by atoms with Crippen molar-refractivity contribution >= 4 is 23.7 Å². The topological polar surface area (TPSA) is 100 Å². The summed E-state index contributed by atoms with van der Waals surface area (Å²) < 4.78 is 0. The van der Waals surface area contributed by atoms with Crippen molar-refractivity contribution in [2.45, 2.75) is 51.9 Å². The Morgan fingerprint density at radius 2 is 1.64 bits per heavy atom. The van der Waals surface area contributed by atoms with Crippen molar-refractivity contribution in [3.05, 3.63) is 71.6 Å². The molecule has 2 amide bonds. The molecule has 1 aromatic carbocycles. The third-order valence-electron chi connectivity index (χ3n) is 5.04. The molecular weight excluding hydrogens is 416 g/mol. The highest BCUT2D eigenvalue weighted by atomic mass is 16.2. The minimum Gasteiger partial charge on any atom is -0.353 e. The van der Waals surface area contributed by atoms with Gasteiger partial charge in [-0.3, -0.25) is 24.8 Å². The highest BCUT2D eigenvalue weighted by Crippen LogP contribution is 2.11. The number of pyridine rings is 1. The maximum absolute atomic E-state index is 12.3. The Hall–Kier alpha value is -3.32. The quantitative estimate of drug-likeness (QED) is 0.164. The normalized spacial score (nSPS) is 10.8. The molecule has 7 heteroatoms. The Morgan fingerprint density at radius 3 is 2.36 bits per heavy atom. The highest BCUT2D eigenvalue weighted by molar-refractivity contribution is 5.98. The van der Waals surface area contributed by atoms with Gasteiger partial charge in [-0.15, -0.1) is 0 Å². The number of carbonyl (C=O) groups is 3. The summed E-state index contributed by atoms with van der Waals surface area (Å²) in [5.41, 5.74) is 7.53. The number of nitrogens with one attached hydrogen (secondary N) is 3. The summed E-state index contributed by atoms with van der Waals surface area (Å²) >= 11 is 0. The molecule has 0 radical (unpaired) electrons. The first-order valence-electron chi connectivity index (χ1n) is 11.6. The van der Waals surface area contributed by atoms with E-state index in [0.717, 1.165) is 44.1 Å². The molecule has 0 atom stereocenters. The Bertz CT molecular complexity index is 896. The molecule has 2 rings (SSSR count). The van der Waals surface area contributed by atoms with Crippen LogP contribution in [0.2, 0.25) is 0 Å². The second-order valence-corrected chi connectivity index (χ2v) is 7.81. The molecule has 0 fully saturated rings. The smallest absolute Gasteiger partial charge is 0.265 e.